The van der Waals surface area contributed by atoms with Gasteiger partial charge in [0.2, 0.25) is 0 Å². The van der Waals surface area contributed by atoms with E-state index < -0.39 is 0 Å². The summed E-state index contributed by atoms with van der Waals surface area (Å²) in [4.78, 5) is 0. The van der Waals surface area contributed by atoms with E-state index in [1.165, 1.54) is 5.56 Å². The van der Waals surface area contributed by atoms with Crippen molar-refractivity contribution in [1.82, 2.24) is 5.32 Å². The first-order valence-electron chi connectivity index (χ1n) is 6.82. The van der Waals surface area contributed by atoms with E-state index in [-0.39, 0.29) is 0 Å². The lowest BCUT2D eigenvalue weighted by atomic mass is 9.99. The van der Waals surface area contributed by atoms with Crippen molar-refractivity contribution in [3.63, 3.8) is 0 Å². The molecular weight excluding hydrogens is 290 g/mol. The summed E-state index contributed by atoms with van der Waals surface area (Å²) in [6.45, 7) is 5.28. The SMILES string of the molecule is CCC(NC1CCOC(C)C1)c1ccc(Br)cc1. The molecule has 1 aliphatic rings. The normalized spacial score (nSPS) is 25.9. The minimum atomic E-state index is 0.388. The maximum Gasteiger partial charge on any atom is 0.0561 e. The monoisotopic (exact) mass is 311 g/mol. The van der Waals surface area contributed by atoms with E-state index in [1.54, 1.807) is 0 Å². The third-order valence-electron chi connectivity index (χ3n) is 3.60. The topological polar surface area (TPSA) is 21.3 Å². The molecule has 0 amide bonds. The van der Waals surface area contributed by atoms with Gasteiger partial charge in [-0.1, -0.05) is 35.0 Å². The van der Waals surface area contributed by atoms with E-state index in [9.17, 15) is 0 Å². The van der Waals surface area contributed by atoms with Gasteiger partial charge in [0.25, 0.3) is 0 Å². The Bertz CT molecular complexity index is 365. The van der Waals surface area contributed by atoms with Gasteiger partial charge >= 0.3 is 0 Å². The molecule has 3 atom stereocenters. The van der Waals surface area contributed by atoms with Gasteiger partial charge in [-0.25, -0.2) is 0 Å². The third kappa shape index (κ3) is 3.81. The predicted molar refractivity (Wildman–Crippen MR) is 78.7 cm³/mol. The van der Waals surface area contributed by atoms with E-state index in [1.807, 2.05) is 0 Å². The van der Waals surface area contributed by atoms with Crippen molar-refractivity contribution < 1.29 is 4.74 Å². The highest BCUT2D eigenvalue weighted by atomic mass is 79.9. The Hall–Kier alpha value is -0.380. The molecule has 1 aromatic rings. The Balaban J connectivity index is 1.98. The van der Waals surface area contributed by atoms with E-state index in [4.69, 9.17) is 4.74 Å². The first kappa shape index (κ1) is 14.0. The third-order valence-corrected chi connectivity index (χ3v) is 4.13. The first-order chi connectivity index (χ1) is 8.69. The van der Waals surface area contributed by atoms with Gasteiger partial charge in [-0.2, -0.15) is 0 Å². The lowest BCUT2D eigenvalue weighted by Gasteiger charge is -2.31. The molecule has 100 valence electrons. The van der Waals surface area contributed by atoms with Gasteiger partial charge in [-0.15, -0.1) is 0 Å². The summed E-state index contributed by atoms with van der Waals surface area (Å²) in [7, 11) is 0. The number of benzene rings is 1. The molecule has 18 heavy (non-hydrogen) atoms. The average Bonchev–Trinajstić information content (AvgIpc) is 2.37. The molecule has 0 aromatic heterocycles. The van der Waals surface area contributed by atoms with Gasteiger partial charge in [0.05, 0.1) is 6.10 Å². The number of nitrogens with one attached hydrogen (secondary N) is 1. The molecule has 3 unspecified atom stereocenters. The van der Waals surface area contributed by atoms with Crippen LogP contribution < -0.4 is 5.32 Å². The van der Waals surface area contributed by atoms with Crippen molar-refractivity contribution in [2.45, 2.75) is 51.3 Å². The Morgan fingerprint density at radius 3 is 2.72 bits per heavy atom. The predicted octanol–water partition coefficient (Wildman–Crippen LogP) is 4.06. The summed E-state index contributed by atoms with van der Waals surface area (Å²) in [5.74, 6) is 0. The quantitative estimate of drug-likeness (QED) is 0.905. The molecule has 2 rings (SSSR count). The molecule has 0 bridgehead atoms. The maximum atomic E-state index is 5.60. The van der Waals surface area contributed by atoms with Crippen LogP contribution in [0.1, 0.15) is 44.7 Å². The summed E-state index contributed by atoms with van der Waals surface area (Å²) < 4.78 is 6.74. The largest absolute Gasteiger partial charge is 0.378 e. The van der Waals surface area contributed by atoms with Crippen LogP contribution in [0.5, 0.6) is 0 Å². The van der Waals surface area contributed by atoms with Crippen LogP contribution in [0.4, 0.5) is 0 Å². The summed E-state index contributed by atoms with van der Waals surface area (Å²) in [5.41, 5.74) is 1.37. The molecule has 1 aliphatic heterocycles. The van der Waals surface area contributed by atoms with Crippen molar-refractivity contribution in [3.05, 3.63) is 34.3 Å². The number of hydrogen-bond donors (Lipinski definition) is 1. The lowest BCUT2D eigenvalue weighted by molar-refractivity contribution is 0.0111. The average molecular weight is 312 g/mol. The second kappa shape index (κ2) is 6.69. The molecule has 0 spiro atoms. The van der Waals surface area contributed by atoms with Gasteiger partial charge < -0.3 is 10.1 Å². The number of hydrogen-bond acceptors (Lipinski definition) is 2. The van der Waals surface area contributed by atoms with Gasteiger partial charge in [-0.05, 0) is 43.9 Å². The molecule has 1 fully saturated rings. The standard InChI is InChI=1S/C15H22BrNO/c1-3-15(12-4-6-13(16)7-5-12)17-14-8-9-18-11(2)10-14/h4-7,11,14-15,17H,3,8-10H2,1-2H3. The fraction of sp³-hybridized carbons (Fsp3) is 0.600. The van der Waals surface area contributed by atoms with Crippen molar-refractivity contribution in [2.24, 2.45) is 0 Å². The minimum absolute atomic E-state index is 0.388. The van der Waals surface area contributed by atoms with Crippen LogP contribution in [0.25, 0.3) is 0 Å². The van der Waals surface area contributed by atoms with Crippen LogP contribution in [0.15, 0.2) is 28.7 Å². The molecule has 0 radical (unpaired) electrons. The second-order valence-corrected chi connectivity index (χ2v) is 6.00. The van der Waals surface area contributed by atoms with Crippen LogP contribution in [0.2, 0.25) is 0 Å². The minimum Gasteiger partial charge on any atom is -0.378 e. The Morgan fingerprint density at radius 2 is 2.11 bits per heavy atom. The molecule has 1 heterocycles. The fourth-order valence-electron chi connectivity index (χ4n) is 2.58. The summed E-state index contributed by atoms with van der Waals surface area (Å²) in [6.07, 6.45) is 3.75. The van der Waals surface area contributed by atoms with Crippen LogP contribution in [0.3, 0.4) is 0 Å². The number of ether oxygens (including phenoxy) is 1. The van der Waals surface area contributed by atoms with Gasteiger partial charge in [0.15, 0.2) is 0 Å². The molecule has 3 heteroatoms. The highest BCUT2D eigenvalue weighted by Gasteiger charge is 2.21. The van der Waals surface area contributed by atoms with Crippen molar-refractivity contribution in [2.75, 3.05) is 6.61 Å². The molecular formula is C15H22BrNO. The maximum absolute atomic E-state index is 5.60. The molecule has 1 aromatic carbocycles. The molecule has 2 nitrogen and oxygen atoms in total. The zero-order valence-corrected chi connectivity index (χ0v) is 12.7. The van der Waals surface area contributed by atoms with E-state index in [0.717, 1.165) is 30.3 Å². The Kier molecular flexibility index (Phi) is 5.22. The molecule has 0 aliphatic carbocycles. The van der Waals surface area contributed by atoms with Gasteiger partial charge in [0.1, 0.15) is 0 Å². The van der Waals surface area contributed by atoms with Gasteiger partial charge in [-0.3, -0.25) is 0 Å². The van der Waals surface area contributed by atoms with Gasteiger partial charge in [0, 0.05) is 23.2 Å². The van der Waals surface area contributed by atoms with Crippen LogP contribution in [-0.4, -0.2) is 18.8 Å². The van der Waals surface area contributed by atoms with E-state index in [0.29, 0.717) is 18.2 Å². The highest BCUT2D eigenvalue weighted by Crippen LogP contribution is 2.23. The van der Waals surface area contributed by atoms with Crippen LogP contribution in [-0.2, 0) is 4.74 Å². The number of halogens is 1. The molecule has 1 N–H and O–H groups in total. The zero-order chi connectivity index (χ0) is 13.0. The number of rotatable bonds is 4. The van der Waals surface area contributed by atoms with Crippen molar-refractivity contribution in [1.29, 1.82) is 0 Å². The molecule has 1 saturated heterocycles. The van der Waals surface area contributed by atoms with Crippen molar-refractivity contribution in [3.8, 4) is 0 Å². The summed E-state index contributed by atoms with van der Waals surface area (Å²) in [5, 5.41) is 3.78. The van der Waals surface area contributed by atoms with E-state index >= 15 is 0 Å². The molecule has 0 saturated carbocycles. The van der Waals surface area contributed by atoms with Crippen LogP contribution >= 0.6 is 15.9 Å². The fourth-order valence-corrected chi connectivity index (χ4v) is 2.84. The zero-order valence-electron chi connectivity index (χ0n) is 11.2. The summed E-state index contributed by atoms with van der Waals surface area (Å²) >= 11 is 3.49. The first-order valence-corrected chi connectivity index (χ1v) is 7.61. The highest BCUT2D eigenvalue weighted by molar-refractivity contribution is 9.10. The Labute approximate surface area is 118 Å². The second-order valence-electron chi connectivity index (χ2n) is 5.08. The van der Waals surface area contributed by atoms with E-state index in [2.05, 4.69) is 59.4 Å². The van der Waals surface area contributed by atoms with Crippen molar-refractivity contribution >= 4 is 15.9 Å². The van der Waals surface area contributed by atoms with Crippen LogP contribution in [0, 0.1) is 0 Å². The summed E-state index contributed by atoms with van der Waals surface area (Å²) in [6, 6.07) is 9.68. The smallest absolute Gasteiger partial charge is 0.0561 e. The Morgan fingerprint density at radius 1 is 1.39 bits per heavy atom. The lowest BCUT2D eigenvalue weighted by Crippen LogP contribution is -2.39.